The van der Waals surface area contributed by atoms with Crippen molar-refractivity contribution in [1.82, 2.24) is 10.3 Å². The summed E-state index contributed by atoms with van der Waals surface area (Å²) in [5.41, 5.74) is 2.72. The lowest BCUT2D eigenvalue weighted by Gasteiger charge is -2.06. The standard InChI is InChI=1S/C18H15N3O3/c22-18(19-12-6-7-12)17-16(11-4-2-1-3-5-11)14-10-13(21(23)24)8-9-15(14)20-17/h1-5,8-10,12,20H,6-7H2,(H,19,22). The summed E-state index contributed by atoms with van der Waals surface area (Å²) in [6.07, 6.45) is 2.00. The first kappa shape index (κ1) is 14.4. The summed E-state index contributed by atoms with van der Waals surface area (Å²) < 4.78 is 0. The predicted molar refractivity (Wildman–Crippen MR) is 90.9 cm³/mol. The molecule has 0 spiro atoms. The van der Waals surface area contributed by atoms with E-state index in [0.717, 1.165) is 18.4 Å². The molecule has 1 aromatic heterocycles. The lowest BCUT2D eigenvalue weighted by molar-refractivity contribution is -0.384. The molecule has 0 aliphatic heterocycles. The van der Waals surface area contributed by atoms with Crippen LogP contribution in [-0.4, -0.2) is 21.9 Å². The molecule has 120 valence electrons. The van der Waals surface area contributed by atoms with E-state index in [2.05, 4.69) is 10.3 Å². The molecule has 1 saturated carbocycles. The van der Waals surface area contributed by atoms with Gasteiger partial charge in [0.25, 0.3) is 11.6 Å². The largest absolute Gasteiger partial charge is 0.350 e. The number of H-pyrrole nitrogens is 1. The van der Waals surface area contributed by atoms with Gasteiger partial charge in [-0.15, -0.1) is 0 Å². The molecular formula is C18H15N3O3. The van der Waals surface area contributed by atoms with Gasteiger partial charge in [-0.05, 0) is 24.5 Å². The number of hydrogen-bond acceptors (Lipinski definition) is 3. The first-order valence-electron chi connectivity index (χ1n) is 7.80. The third-order valence-corrected chi connectivity index (χ3v) is 4.20. The van der Waals surface area contributed by atoms with E-state index < -0.39 is 4.92 Å². The van der Waals surface area contributed by atoms with Crippen molar-refractivity contribution in [2.24, 2.45) is 0 Å². The maximum Gasteiger partial charge on any atom is 0.270 e. The summed E-state index contributed by atoms with van der Waals surface area (Å²) in [4.78, 5) is 26.4. The van der Waals surface area contributed by atoms with Crippen LogP contribution < -0.4 is 5.32 Å². The number of rotatable bonds is 4. The summed E-state index contributed by atoms with van der Waals surface area (Å²) in [6, 6.07) is 14.3. The molecule has 24 heavy (non-hydrogen) atoms. The fourth-order valence-electron chi connectivity index (χ4n) is 2.85. The van der Waals surface area contributed by atoms with Crippen molar-refractivity contribution in [3.8, 4) is 11.1 Å². The highest BCUT2D eigenvalue weighted by Gasteiger charge is 2.27. The molecule has 0 atom stereocenters. The molecule has 1 aliphatic rings. The summed E-state index contributed by atoms with van der Waals surface area (Å²) >= 11 is 0. The quantitative estimate of drug-likeness (QED) is 0.568. The van der Waals surface area contributed by atoms with Crippen LogP contribution in [0.15, 0.2) is 48.5 Å². The Morgan fingerprint density at radius 1 is 1.17 bits per heavy atom. The molecule has 0 saturated heterocycles. The smallest absolute Gasteiger partial charge is 0.270 e. The lowest BCUT2D eigenvalue weighted by atomic mass is 10.0. The topological polar surface area (TPSA) is 88.0 Å². The highest BCUT2D eigenvalue weighted by molar-refractivity contribution is 6.10. The predicted octanol–water partition coefficient (Wildman–Crippen LogP) is 3.64. The summed E-state index contributed by atoms with van der Waals surface area (Å²) in [6.45, 7) is 0. The fourth-order valence-corrected chi connectivity index (χ4v) is 2.85. The number of nitro groups is 1. The van der Waals surface area contributed by atoms with Crippen molar-refractivity contribution >= 4 is 22.5 Å². The van der Waals surface area contributed by atoms with Crippen LogP contribution in [0.5, 0.6) is 0 Å². The van der Waals surface area contributed by atoms with Gasteiger partial charge in [0, 0.05) is 34.6 Å². The van der Waals surface area contributed by atoms with E-state index in [1.807, 2.05) is 30.3 Å². The van der Waals surface area contributed by atoms with Crippen molar-refractivity contribution in [2.45, 2.75) is 18.9 Å². The van der Waals surface area contributed by atoms with Gasteiger partial charge in [0.15, 0.2) is 0 Å². The van der Waals surface area contributed by atoms with E-state index in [1.165, 1.54) is 12.1 Å². The van der Waals surface area contributed by atoms with Gasteiger partial charge in [0.1, 0.15) is 5.69 Å². The molecular weight excluding hydrogens is 306 g/mol. The molecule has 1 fully saturated rings. The zero-order chi connectivity index (χ0) is 16.7. The van der Waals surface area contributed by atoms with Crippen molar-refractivity contribution in [3.63, 3.8) is 0 Å². The average molecular weight is 321 g/mol. The van der Waals surface area contributed by atoms with Crippen LogP contribution in [-0.2, 0) is 0 Å². The van der Waals surface area contributed by atoms with Gasteiger partial charge >= 0.3 is 0 Å². The van der Waals surface area contributed by atoms with Crippen LogP contribution >= 0.6 is 0 Å². The summed E-state index contributed by atoms with van der Waals surface area (Å²) in [7, 11) is 0. The molecule has 1 aliphatic carbocycles. The van der Waals surface area contributed by atoms with E-state index in [1.54, 1.807) is 6.07 Å². The Balaban J connectivity index is 1.93. The Bertz CT molecular complexity index is 943. The molecule has 0 unspecified atom stereocenters. The van der Waals surface area contributed by atoms with Crippen molar-refractivity contribution in [1.29, 1.82) is 0 Å². The molecule has 0 bridgehead atoms. The van der Waals surface area contributed by atoms with Gasteiger partial charge in [-0.2, -0.15) is 0 Å². The van der Waals surface area contributed by atoms with Crippen LogP contribution in [0.1, 0.15) is 23.3 Å². The Hall–Kier alpha value is -3.15. The summed E-state index contributed by atoms with van der Waals surface area (Å²) in [5, 5.41) is 14.8. The monoisotopic (exact) mass is 321 g/mol. The number of nitrogens with one attached hydrogen (secondary N) is 2. The third-order valence-electron chi connectivity index (χ3n) is 4.20. The molecule has 1 amide bonds. The second kappa shape index (κ2) is 5.49. The van der Waals surface area contributed by atoms with E-state index in [9.17, 15) is 14.9 Å². The first-order valence-corrected chi connectivity index (χ1v) is 7.80. The van der Waals surface area contributed by atoms with Gasteiger partial charge in [-0.25, -0.2) is 0 Å². The molecule has 4 rings (SSSR count). The van der Waals surface area contributed by atoms with Gasteiger partial charge in [-0.1, -0.05) is 30.3 Å². The number of hydrogen-bond donors (Lipinski definition) is 2. The number of amides is 1. The highest BCUT2D eigenvalue weighted by atomic mass is 16.6. The molecule has 3 aromatic rings. The van der Waals surface area contributed by atoms with Crippen LogP contribution in [0.25, 0.3) is 22.0 Å². The van der Waals surface area contributed by atoms with E-state index in [4.69, 9.17) is 0 Å². The van der Waals surface area contributed by atoms with E-state index in [0.29, 0.717) is 22.2 Å². The minimum absolute atomic E-state index is 0.00725. The first-order chi connectivity index (χ1) is 11.6. The minimum atomic E-state index is -0.425. The van der Waals surface area contributed by atoms with Crippen LogP contribution in [0, 0.1) is 10.1 Å². The van der Waals surface area contributed by atoms with Crippen LogP contribution in [0.3, 0.4) is 0 Å². The Morgan fingerprint density at radius 3 is 2.58 bits per heavy atom. The SMILES string of the molecule is O=C(NC1CC1)c1[nH]c2ccc([N+](=O)[O-])cc2c1-c1ccccc1. The van der Waals surface area contributed by atoms with E-state index in [-0.39, 0.29) is 17.6 Å². The maximum atomic E-state index is 12.6. The fraction of sp³-hybridized carbons (Fsp3) is 0.167. The molecule has 0 radical (unpaired) electrons. The van der Waals surface area contributed by atoms with Crippen molar-refractivity contribution in [2.75, 3.05) is 0 Å². The molecule has 2 aromatic carbocycles. The molecule has 2 N–H and O–H groups in total. The number of aromatic nitrogens is 1. The summed E-state index contributed by atoms with van der Waals surface area (Å²) in [5.74, 6) is -0.171. The zero-order valence-corrected chi connectivity index (χ0v) is 12.8. The van der Waals surface area contributed by atoms with Gasteiger partial charge in [-0.3, -0.25) is 14.9 Å². The number of aromatic amines is 1. The maximum absolute atomic E-state index is 12.6. The Morgan fingerprint density at radius 2 is 1.92 bits per heavy atom. The third kappa shape index (κ3) is 2.52. The van der Waals surface area contributed by atoms with E-state index >= 15 is 0 Å². The number of carbonyl (C=O) groups excluding carboxylic acids is 1. The number of non-ortho nitro benzene ring substituents is 1. The number of benzene rings is 2. The van der Waals surface area contributed by atoms with Gasteiger partial charge < -0.3 is 10.3 Å². The average Bonchev–Trinajstić information content (AvgIpc) is 3.31. The van der Waals surface area contributed by atoms with Crippen LogP contribution in [0.4, 0.5) is 5.69 Å². The Labute approximate surface area is 137 Å². The normalized spacial score (nSPS) is 13.8. The van der Waals surface area contributed by atoms with Gasteiger partial charge in [0.2, 0.25) is 0 Å². The number of nitro benzene ring substituents is 1. The molecule has 6 heteroatoms. The zero-order valence-electron chi connectivity index (χ0n) is 12.8. The molecule has 1 heterocycles. The van der Waals surface area contributed by atoms with Crippen LogP contribution in [0.2, 0.25) is 0 Å². The lowest BCUT2D eigenvalue weighted by Crippen LogP contribution is -2.26. The number of fused-ring (bicyclic) bond motifs is 1. The van der Waals surface area contributed by atoms with Crippen molar-refractivity contribution in [3.05, 3.63) is 64.3 Å². The minimum Gasteiger partial charge on any atom is -0.350 e. The van der Waals surface area contributed by atoms with Crippen molar-refractivity contribution < 1.29 is 9.72 Å². The second-order valence-electron chi connectivity index (χ2n) is 5.98. The Kier molecular flexibility index (Phi) is 3.30. The number of carbonyl (C=O) groups is 1. The number of nitrogens with zero attached hydrogens (tertiary/aromatic N) is 1. The second-order valence-corrected chi connectivity index (χ2v) is 5.98. The van der Waals surface area contributed by atoms with Gasteiger partial charge in [0.05, 0.1) is 4.92 Å². The highest BCUT2D eigenvalue weighted by Crippen LogP contribution is 2.35. The molecule has 6 nitrogen and oxygen atoms in total.